The molecule has 0 unspecified atom stereocenters. The molecule has 9 aromatic carbocycles. The maximum absolute atomic E-state index is 6.19. The summed E-state index contributed by atoms with van der Waals surface area (Å²) in [7, 11) is 0. The molecule has 0 fully saturated rings. The van der Waals surface area contributed by atoms with Gasteiger partial charge in [0.1, 0.15) is 11.2 Å². The summed E-state index contributed by atoms with van der Waals surface area (Å²) >= 11 is 0. The maximum atomic E-state index is 6.19. The van der Waals surface area contributed by atoms with Crippen molar-refractivity contribution >= 4 is 49.8 Å². The van der Waals surface area contributed by atoms with Crippen LogP contribution in [0.5, 0.6) is 0 Å². The number of hydrogen-bond donors (Lipinski definition) is 0. The summed E-state index contributed by atoms with van der Waals surface area (Å²) in [4.78, 5) is 2.44. The Hall–Kier alpha value is -7.16. The molecule has 1 heterocycles. The van der Waals surface area contributed by atoms with Gasteiger partial charge in [0.05, 0.1) is 11.4 Å². The smallest absolute Gasteiger partial charge is 0.135 e. The third kappa shape index (κ3) is 5.53. The normalized spacial score (nSPS) is 11.3. The second-order valence-electron chi connectivity index (χ2n) is 13.7. The number of rotatable bonds is 7. The number of benzene rings is 9. The zero-order chi connectivity index (χ0) is 35.8. The minimum absolute atomic E-state index is 0.897. The van der Waals surface area contributed by atoms with E-state index in [2.05, 4.69) is 205 Å². The summed E-state index contributed by atoms with van der Waals surface area (Å²) < 4.78 is 6.19. The average Bonchev–Trinajstić information content (AvgIpc) is 3.63. The molecule has 0 amide bonds. The van der Waals surface area contributed by atoms with E-state index in [0.29, 0.717) is 0 Å². The predicted molar refractivity (Wildman–Crippen MR) is 228 cm³/mol. The largest absolute Gasteiger partial charge is 0.456 e. The Bertz CT molecular complexity index is 2940. The van der Waals surface area contributed by atoms with Crippen LogP contribution in [0.1, 0.15) is 0 Å². The molecule has 10 aromatic rings. The van der Waals surface area contributed by atoms with E-state index in [-0.39, 0.29) is 0 Å². The van der Waals surface area contributed by atoms with Crippen LogP contribution in [0, 0.1) is 0 Å². The van der Waals surface area contributed by atoms with Crippen molar-refractivity contribution in [2.24, 2.45) is 0 Å². The van der Waals surface area contributed by atoms with E-state index in [0.717, 1.165) is 61.3 Å². The Labute approximate surface area is 314 Å². The van der Waals surface area contributed by atoms with E-state index in [4.69, 9.17) is 4.42 Å². The number of furan rings is 1. The van der Waals surface area contributed by atoms with Gasteiger partial charge in [-0.3, -0.25) is 0 Å². The fourth-order valence-corrected chi connectivity index (χ4v) is 7.99. The molecular weight excluding hydrogens is 655 g/mol. The van der Waals surface area contributed by atoms with Crippen LogP contribution in [0.25, 0.3) is 77.2 Å². The van der Waals surface area contributed by atoms with Crippen molar-refractivity contribution < 1.29 is 4.42 Å². The molecule has 0 N–H and O–H groups in total. The van der Waals surface area contributed by atoms with Crippen LogP contribution in [0.4, 0.5) is 17.1 Å². The van der Waals surface area contributed by atoms with Crippen molar-refractivity contribution in [3.05, 3.63) is 212 Å². The lowest BCUT2D eigenvalue weighted by Gasteiger charge is -2.30. The van der Waals surface area contributed by atoms with Gasteiger partial charge in [-0.25, -0.2) is 0 Å². The SMILES string of the molecule is c1ccc(-c2ccccc2N(c2cccc(-c3ccc4oc5ccccc5c4c3)c2)c2ccccc2-c2cccc3cccc(-c4ccccc4)c23)cc1. The monoisotopic (exact) mass is 689 g/mol. The Morgan fingerprint density at radius 1 is 0.315 bits per heavy atom. The van der Waals surface area contributed by atoms with E-state index in [1.807, 2.05) is 12.1 Å². The molecule has 54 heavy (non-hydrogen) atoms. The number of fused-ring (bicyclic) bond motifs is 4. The van der Waals surface area contributed by atoms with Crippen molar-refractivity contribution in [2.45, 2.75) is 0 Å². The molecule has 2 heteroatoms. The molecule has 0 spiro atoms. The molecule has 1 aromatic heterocycles. The van der Waals surface area contributed by atoms with Crippen molar-refractivity contribution in [3.8, 4) is 44.5 Å². The van der Waals surface area contributed by atoms with Crippen molar-refractivity contribution in [1.82, 2.24) is 0 Å². The van der Waals surface area contributed by atoms with E-state index < -0.39 is 0 Å². The van der Waals surface area contributed by atoms with E-state index in [1.54, 1.807) is 0 Å². The topological polar surface area (TPSA) is 16.4 Å². The van der Waals surface area contributed by atoms with Gasteiger partial charge in [-0.2, -0.15) is 0 Å². The second-order valence-corrected chi connectivity index (χ2v) is 13.7. The lowest BCUT2D eigenvalue weighted by molar-refractivity contribution is 0.669. The van der Waals surface area contributed by atoms with Gasteiger partial charge in [0.25, 0.3) is 0 Å². The Kier molecular flexibility index (Phi) is 7.85. The first kappa shape index (κ1) is 31.6. The van der Waals surface area contributed by atoms with E-state index in [9.17, 15) is 0 Å². The van der Waals surface area contributed by atoms with Crippen LogP contribution < -0.4 is 4.90 Å². The summed E-state index contributed by atoms with van der Waals surface area (Å²) in [5.41, 5.74) is 14.5. The first-order chi connectivity index (χ1) is 26.8. The zero-order valence-corrected chi connectivity index (χ0v) is 29.6. The zero-order valence-electron chi connectivity index (χ0n) is 29.6. The lowest BCUT2D eigenvalue weighted by Crippen LogP contribution is -2.12. The minimum Gasteiger partial charge on any atom is -0.456 e. The van der Waals surface area contributed by atoms with Crippen LogP contribution in [0.3, 0.4) is 0 Å². The van der Waals surface area contributed by atoms with Gasteiger partial charge in [-0.05, 0) is 86.6 Å². The molecule has 10 rings (SSSR count). The molecule has 0 aliphatic rings. The Morgan fingerprint density at radius 2 is 0.852 bits per heavy atom. The summed E-state index contributed by atoms with van der Waals surface area (Å²) in [6, 6.07) is 76.0. The van der Waals surface area contributed by atoms with Crippen molar-refractivity contribution in [1.29, 1.82) is 0 Å². The number of hydrogen-bond acceptors (Lipinski definition) is 2. The molecule has 2 nitrogen and oxygen atoms in total. The van der Waals surface area contributed by atoms with Crippen molar-refractivity contribution in [3.63, 3.8) is 0 Å². The average molecular weight is 690 g/mol. The molecule has 0 radical (unpaired) electrons. The van der Waals surface area contributed by atoms with Gasteiger partial charge in [-0.1, -0.05) is 170 Å². The third-order valence-corrected chi connectivity index (χ3v) is 10.5. The van der Waals surface area contributed by atoms with Crippen LogP contribution in [-0.4, -0.2) is 0 Å². The van der Waals surface area contributed by atoms with Crippen LogP contribution in [0.2, 0.25) is 0 Å². The van der Waals surface area contributed by atoms with Gasteiger partial charge in [0.15, 0.2) is 0 Å². The fourth-order valence-electron chi connectivity index (χ4n) is 7.99. The summed E-state index contributed by atoms with van der Waals surface area (Å²) in [6.45, 7) is 0. The highest BCUT2D eigenvalue weighted by molar-refractivity contribution is 6.09. The third-order valence-electron chi connectivity index (χ3n) is 10.5. The molecular formula is C52H35NO. The Morgan fingerprint density at radius 3 is 1.63 bits per heavy atom. The van der Waals surface area contributed by atoms with Gasteiger partial charge in [-0.15, -0.1) is 0 Å². The molecule has 0 saturated heterocycles. The number of para-hydroxylation sites is 3. The van der Waals surface area contributed by atoms with Crippen LogP contribution in [0.15, 0.2) is 217 Å². The summed E-state index contributed by atoms with van der Waals surface area (Å²) in [6.07, 6.45) is 0. The first-order valence-corrected chi connectivity index (χ1v) is 18.4. The summed E-state index contributed by atoms with van der Waals surface area (Å²) in [5.74, 6) is 0. The molecule has 0 aliphatic heterocycles. The molecule has 0 aliphatic carbocycles. The van der Waals surface area contributed by atoms with Crippen LogP contribution >= 0.6 is 0 Å². The minimum atomic E-state index is 0.897. The molecule has 254 valence electrons. The van der Waals surface area contributed by atoms with E-state index in [1.165, 1.54) is 33.0 Å². The summed E-state index contributed by atoms with van der Waals surface area (Å²) in [5, 5.41) is 4.70. The van der Waals surface area contributed by atoms with Crippen molar-refractivity contribution in [2.75, 3.05) is 4.90 Å². The second kappa shape index (κ2) is 13.4. The van der Waals surface area contributed by atoms with Gasteiger partial charge >= 0.3 is 0 Å². The maximum Gasteiger partial charge on any atom is 0.135 e. The van der Waals surface area contributed by atoms with Gasteiger partial charge < -0.3 is 9.32 Å². The van der Waals surface area contributed by atoms with Crippen LogP contribution in [-0.2, 0) is 0 Å². The van der Waals surface area contributed by atoms with Gasteiger partial charge in [0, 0.05) is 27.6 Å². The highest BCUT2D eigenvalue weighted by Gasteiger charge is 2.22. The quantitative estimate of drug-likeness (QED) is 0.166. The first-order valence-electron chi connectivity index (χ1n) is 18.4. The molecule has 0 bridgehead atoms. The number of anilines is 3. The Balaban J connectivity index is 1.21. The van der Waals surface area contributed by atoms with E-state index >= 15 is 0 Å². The number of nitrogens with zero attached hydrogens (tertiary/aromatic N) is 1. The molecule has 0 atom stereocenters. The highest BCUT2D eigenvalue weighted by atomic mass is 16.3. The predicted octanol–water partition coefficient (Wildman–Crippen LogP) is 14.9. The fraction of sp³-hybridized carbons (Fsp3) is 0. The standard InChI is InChI=1S/C52H35NO/c1-3-16-36(17-4-1)42-24-7-10-29-48(42)53(41-23-13-22-39(34-41)40-32-33-51-47(35-40)45-26-9-12-31-50(45)54-51)49-30-11-8-25-44(49)46-28-15-21-38-20-14-27-43(52(38)46)37-18-5-2-6-19-37/h1-35H. The lowest BCUT2D eigenvalue weighted by atomic mass is 9.90. The van der Waals surface area contributed by atoms with Gasteiger partial charge in [0.2, 0.25) is 0 Å². The molecule has 0 saturated carbocycles. The highest BCUT2D eigenvalue weighted by Crippen LogP contribution is 2.47.